The minimum absolute atomic E-state index is 0.390. The Bertz CT molecular complexity index is 305. The van der Waals surface area contributed by atoms with Gasteiger partial charge in [-0.1, -0.05) is 64.0 Å². The van der Waals surface area contributed by atoms with Crippen LogP contribution in [-0.2, 0) is 4.79 Å². The standard InChI is InChI=1S/C21H39NO/c1-2-3-4-5-6-7-8-9-10-11-12-13-14-15-18-21(23)22-19-16-17-20-22/h9-10H,2-8,11-20H2,1H3. The fourth-order valence-electron chi connectivity index (χ4n) is 3.29. The summed E-state index contributed by atoms with van der Waals surface area (Å²) < 4.78 is 0. The zero-order chi connectivity index (χ0) is 16.6. The zero-order valence-corrected chi connectivity index (χ0v) is 15.5. The molecule has 2 nitrogen and oxygen atoms in total. The number of hydrogen-bond donors (Lipinski definition) is 0. The van der Waals surface area contributed by atoms with E-state index in [0.29, 0.717) is 5.91 Å². The highest BCUT2D eigenvalue weighted by Crippen LogP contribution is 2.12. The predicted octanol–water partition coefficient (Wildman–Crippen LogP) is 6.26. The summed E-state index contributed by atoms with van der Waals surface area (Å²) in [6, 6.07) is 0. The van der Waals surface area contributed by atoms with Gasteiger partial charge in [0.05, 0.1) is 0 Å². The lowest BCUT2D eigenvalue weighted by molar-refractivity contribution is -0.130. The van der Waals surface area contributed by atoms with Crippen LogP contribution in [0.2, 0.25) is 0 Å². The van der Waals surface area contributed by atoms with Crippen LogP contribution in [0.4, 0.5) is 0 Å². The lowest BCUT2D eigenvalue weighted by Gasteiger charge is -2.14. The average Bonchev–Trinajstić information content (AvgIpc) is 3.09. The normalized spacial score (nSPS) is 14.9. The number of rotatable bonds is 14. The van der Waals surface area contributed by atoms with Crippen LogP contribution in [0.15, 0.2) is 12.2 Å². The molecule has 23 heavy (non-hydrogen) atoms. The van der Waals surface area contributed by atoms with E-state index in [-0.39, 0.29) is 0 Å². The van der Waals surface area contributed by atoms with Crippen molar-refractivity contribution >= 4 is 5.91 Å². The second-order valence-electron chi connectivity index (χ2n) is 7.07. The van der Waals surface area contributed by atoms with Crippen molar-refractivity contribution in [1.29, 1.82) is 0 Å². The van der Waals surface area contributed by atoms with E-state index >= 15 is 0 Å². The predicted molar refractivity (Wildman–Crippen MR) is 101 cm³/mol. The van der Waals surface area contributed by atoms with Crippen LogP contribution >= 0.6 is 0 Å². The van der Waals surface area contributed by atoms with E-state index in [9.17, 15) is 4.79 Å². The van der Waals surface area contributed by atoms with Gasteiger partial charge >= 0.3 is 0 Å². The zero-order valence-electron chi connectivity index (χ0n) is 15.5. The summed E-state index contributed by atoms with van der Waals surface area (Å²) in [5.41, 5.74) is 0. The van der Waals surface area contributed by atoms with Gasteiger partial charge in [-0.05, 0) is 44.9 Å². The molecule has 1 heterocycles. The van der Waals surface area contributed by atoms with Gasteiger partial charge in [0, 0.05) is 19.5 Å². The molecular weight excluding hydrogens is 282 g/mol. The highest BCUT2D eigenvalue weighted by molar-refractivity contribution is 5.76. The molecule has 134 valence electrons. The van der Waals surface area contributed by atoms with Crippen molar-refractivity contribution in [3.8, 4) is 0 Å². The number of carbonyl (C=O) groups is 1. The van der Waals surface area contributed by atoms with Gasteiger partial charge in [0.1, 0.15) is 0 Å². The second-order valence-corrected chi connectivity index (χ2v) is 7.07. The Kier molecular flexibility index (Phi) is 13.0. The van der Waals surface area contributed by atoms with Crippen LogP contribution < -0.4 is 0 Å². The molecule has 0 radical (unpaired) electrons. The Morgan fingerprint density at radius 1 is 0.783 bits per heavy atom. The number of likely N-dealkylation sites (tertiary alicyclic amines) is 1. The smallest absolute Gasteiger partial charge is 0.222 e. The van der Waals surface area contributed by atoms with Gasteiger partial charge in [0.2, 0.25) is 5.91 Å². The third-order valence-electron chi connectivity index (χ3n) is 4.86. The lowest BCUT2D eigenvalue weighted by atomic mass is 10.1. The fourth-order valence-corrected chi connectivity index (χ4v) is 3.29. The topological polar surface area (TPSA) is 20.3 Å². The molecule has 0 atom stereocenters. The number of allylic oxidation sites excluding steroid dienone is 2. The van der Waals surface area contributed by atoms with Crippen LogP contribution in [-0.4, -0.2) is 23.9 Å². The molecule has 0 aromatic carbocycles. The summed E-state index contributed by atoms with van der Waals surface area (Å²) in [6.45, 7) is 4.28. The van der Waals surface area contributed by atoms with Crippen molar-refractivity contribution < 1.29 is 4.79 Å². The molecule has 2 heteroatoms. The highest BCUT2D eigenvalue weighted by atomic mass is 16.2. The maximum absolute atomic E-state index is 11.9. The van der Waals surface area contributed by atoms with Crippen LogP contribution in [0.3, 0.4) is 0 Å². The monoisotopic (exact) mass is 321 g/mol. The van der Waals surface area contributed by atoms with Crippen molar-refractivity contribution in [2.45, 2.75) is 103 Å². The summed E-state index contributed by atoms with van der Waals surface area (Å²) in [4.78, 5) is 13.9. The van der Waals surface area contributed by atoms with Crippen molar-refractivity contribution in [1.82, 2.24) is 4.90 Å². The molecule has 1 amide bonds. The fraction of sp³-hybridized carbons (Fsp3) is 0.857. The molecule has 1 aliphatic heterocycles. The summed E-state index contributed by atoms with van der Waals surface area (Å²) in [7, 11) is 0. The summed E-state index contributed by atoms with van der Waals surface area (Å²) in [5, 5.41) is 0. The van der Waals surface area contributed by atoms with E-state index in [2.05, 4.69) is 19.1 Å². The number of carbonyl (C=O) groups excluding carboxylic acids is 1. The number of nitrogens with zero attached hydrogens (tertiary/aromatic N) is 1. The maximum Gasteiger partial charge on any atom is 0.222 e. The van der Waals surface area contributed by atoms with Gasteiger partial charge < -0.3 is 4.90 Å². The van der Waals surface area contributed by atoms with E-state index in [4.69, 9.17) is 0 Å². The first-order valence-corrected chi connectivity index (χ1v) is 10.3. The van der Waals surface area contributed by atoms with Crippen LogP contribution in [0, 0.1) is 0 Å². The van der Waals surface area contributed by atoms with Crippen LogP contribution in [0.5, 0.6) is 0 Å². The van der Waals surface area contributed by atoms with E-state index in [0.717, 1.165) is 25.9 Å². The van der Waals surface area contributed by atoms with Gasteiger partial charge in [-0.25, -0.2) is 0 Å². The minimum atomic E-state index is 0.390. The molecule has 0 aliphatic carbocycles. The van der Waals surface area contributed by atoms with E-state index in [1.165, 1.54) is 83.5 Å². The molecule has 1 rings (SSSR count). The van der Waals surface area contributed by atoms with Gasteiger partial charge in [0.15, 0.2) is 0 Å². The molecule has 1 fully saturated rings. The Morgan fingerprint density at radius 3 is 1.91 bits per heavy atom. The van der Waals surface area contributed by atoms with Crippen molar-refractivity contribution in [3.63, 3.8) is 0 Å². The Labute approximate surface area is 144 Å². The number of amides is 1. The number of unbranched alkanes of at least 4 members (excludes halogenated alkanes) is 10. The summed E-state index contributed by atoms with van der Waals surface area (Å²) in [6.07, 6.45) is 23.6. The molecule has 0 aromatic rings. The van der Waals surface area contributed by atoms with Crippen molar-refractivity contribution in [3.05, 3.63) is 12.2 Å². The average molecular weight is 322 g/mol. The molecule has 0 saturated carbocycles. The lowest BCUT2D eigenvalue weighted by Crippen LogP contribution is -2.27. The first-order valence-electron chi connectivity index (χ1n) is 10.3. The maximum atomic E-state index is 11.9. The van der Waals surface area contributed by atoms with Gasteiger partial charge in [-0.3, -0.25) is 4.79 Å². The molecule has 1 saturated heterocycles. The largest absolute Gasteiger partial charge is 0.343 e. The molecule has 0 N–H and O–H groups in total. The third-order valence-corrected chi connectivity index (χ3v) is 4.86. The van der Waals surface area contributed by atoms with Gasteiger partial charge in [-0.15, -0.1) is 0 Å². The Morgan fingerprint density at radius 2 is 1.30 bits per heavy atom. The quantitative estimate of drug-likeness (QED) is 0.273. The van der Waals surface area contributed by atoms with E-state index < -0.39 is 0 Å². The third kappa shape index (κ3) is 11.4. The summed E-state index contributed by atoms with van der Waals surface area (Å²) >= 11 is 0. The minimum Gasteiger partial charge on any atom is -0.343 e. The molecule has 1 aliphatic rings. The highest BCUT2D eigenvalue weighted by Gasteiger charge is 2.16. The van der Waals surface area contributed by atoms with Crippen molar-refractivity contribution in [2.75, 3.05) is 13.1 Å². The molecule has 0 bridgehead atoms. The Hall–Kier alpha value is -0.790. The van der Waals surface area contributed by atoms with Crippen molar-refractivity contribution in [2.24, 2.45) is 0 Å². The molecule has 0 spiro atoms. The van der Waals surface area contributed by atoms with E-state index in [1.54, 1.807) is 0 Å². The SMILES string of the molecule is CCCCCCCCC=CCCCCCCC(=O)N1CCCC1. The molecular formula is C21H39NO. The van der Waals surface area contributed by atoms with Gasteiger partial charge in [-0.2, -0.15) is 0 Å². The Balaban J connectivity index is 1.78. The van der Waals surface area contributed by atoms with Crippen LogP contribution in [0.25, 0.3) is 0 Å². The number of hydrogen-bond acceptors (Lipinski definition) is 1. The molecule has 0 aromatic heterocycles. The van der Waals surface area contributed by atoms with Gasteiger partial charge in [0.25, 0.3) is 0 Å². The van der Waals surface area contributed by atoms with E-state index in [1.807, 2.05) is 4.90 Å². The molecule has 0 unspecified atom stereocenters. The van der Waals surface area contributed by atoms with Crippen LogP contribution in [0.1, 0.15) is 103 Å². The summed E-state index contributed by atoms with van der Waals surface area (Å²) in [5.74, 6) is 0.390. The first kappa shape index (κ1) is 20.3. The first-order chi connectivity index (χ1) is 11.3. The second kappa shape index (κ2) is 14.8.